The molecule has 0 bridgehead atoms. The minimum absolute atomic E-state index is 0.0866. The lowest BCUT2D eigenvalue weighted by Crippen LogP contribution is -2.07. The van der Waals surface area contributed by atoms with Crippen LogP contribution in [0.3, 0.4) is 0 Å². The Bertz CT molecular complexity index is 785. The van der Waals surface area contributed by atoms with Crippen LogP contribution in [0, 0.1) is 0 Å². The molecule has 2 aromatic rings. The van der Waals surface area contributed by atoms with Crippen molar-refractivity contribution in [2.75, 3.05) is 0 Å². The van der Waals surface area contributed by atoms with Gasteiger partial charge in [0.15, 0.2) is 23.0 Å². The number of benzene rings is 1. The van der Waals surface area contributed by atoms with Gasteiger partial charge in [-0.05, 0) is 13.8 Å². The summed E-state index contributed by atoms with van der Waals surface area (Å²) in [6.07, 6.45) is 0.957. The van der Waals surface area contributed by atoms with E-state index in [0.717, 1.165) is 5.56 Å². The zero-order valence-electron chi connectivity index (χ0n) is 12.6. The van der Waals surface area contributed by atoms with E-state index in [1.54, 1.807) is 0 Å². The molecule has 7 heteroatoms. The number of nitrogens with zero attached hydrogens (tertiary/aromatic N) is 1. The molecule has 1 aromatic carbocycles. The Balaban J connectivity index is 1.97. The molecular weight excluding hydrogens is 302 g/mol. The number of carboxylic acid groups (broad SMARTS) is 1. The van der Waals surface area contributed by atoms with Gasteiger partial charge in [-0.3, -0.25) is 0 Å². The third-order valence-corrected chi connectivity index (χ3v) is 4.17. The summed E-state index contributed by atoms with van der Waals surface area (Å²) in [5.74, 6) is 0.204. The SMILES string of the molecule is CC1Cc2c(c(O)c3c(c2-c2cc(C(=O)O)no2)OC(C)C3)O1. The van der Waals surface area contributed by atoms with Crippen LogP contribution in [0.1, 0.15) is 35.5 Å². The third-order valence-electron chi connectivity index (χ3n) is 4.17. The zero-order valence-corrected chi connectivity index (χ0v) is 12.6. The van der Waals surface area contributed by atoms with Gasteiger partial charge in [0, 0.05) is 30.0 Å². The van der Waals surface area contributed by atoms with Gasteiger partial charge >= 0.3 is 5.97 Å². The fourth-order valence-electron chi connectivity index (χ4n) is 3.25. The predicted molar refractivity (Wildman–Crippen MR) is 78.2 cm³/mol. The van der Waals surface area contributed by atoms with Gasteiger partial charge in [0.25, 0.3) is 0 Å². The lowest BCUT2D eigenvalue weighted by molar-refractivity contribution is 0.0686. The van der Waals surface area contributed by atoms with Crippen LogP contribution in [0.25, 0.3) is 11.3 Å². The molecule has 0 radical (unpaired) electrons. The summed E-state index contributed by atoms with van der Waals surface area (Å²) in [6.45, 7) is 3.81. The summed E-state index contributed by atoms with van der Waals surface area (Å²) in [7, 11) is 0. The van der Waals surface area contributed by atoms with Crippen LogP contribution >= 0.6 is 0 Å². The Morgan fingerprint density at radius 1 is 1.17 bits per heavy atom. The maximum absolute atomic E-state index is 11.1. The van der Waals surface area contributed by atoms with Crippen LogP contribution in [0.5, 0.6) is 17.2 Å². The Hall–Kier alpha value is -2.70. The van der Waals surface area contributed by atoms with Crippen LogP contribution in [-0.2, 0) is 12.8 Å². The number of phenols is 1. The summed E-state index contributed by atoms with van der Waals surface area (Å²) in [5.41, 5.74) is 1.87. The fraction of sp³-hybridized carbons (Fsp3) is 0.375. The number of rotatable bonds is 2. The Morgan fingerprint density at radius 2 is 1.83 bits per heavy atom. The van der Waals surface area contributed by atoms with E-state index >= 15 is 0 Å². The number of hydrogen-bond acceptors (Lipinski definition) is 6. The van der Waals surface area contributed by atoms with Gasteiger partial charge in [-0.15, -0.1) is 0 Å². The standard InChI is InChI=1S/C16H15NO6/c1-6-3-8-12(11-5-10(16(19)20)17-23-11)14-9(4-7(2)21-14)13(18)15(8)22-6/h5-7,18H,3-4H2,1-2H3,(H,19,20). The minimum Gasteiger partial charge on any atom is -0.504 e. The molecule has 0 fully saturated rings. The lowest BCUT2D eigenvalue weighted by atomic mass is 9.95. The van der Waals surface area contributed by atoms with Gasteiger partial charge in [0.1, 0.15) is 18.0 Å². The van der Waals surface area contributed by atoms with Crippen molar-refractivity contribution in [1.29, 1.82) is 0 Å². The maximum Gasteiger partial charge on any atom is 0.358 e. The van der Waals surface area contributed by atoms with Crippen molar-refractivity contribution in [2.24, 2.45) is 0 Å². The van der Waals surface area contributed by atoms with Gasteiger partial charge in [-0.25, -0.2) is 4.79 Å². The first-order chi connectivity index (χ1) is 11.0. The molecule has 3 heterocycles. The van der Waals surface area contributed by atoms with Crippen molar-refractivity contribution in [3.8, 4) is 28.6 Å². The first-order valence-corrected chi connectivity index (χ1v) is 7.40. The van der Waals surface area contributed by atoms with Crippen LogP contribution in [0.2, 0.25) is 0 Å². The van der Waals surface area contributed by atoms with Crippen molar-refractivity contribution in [1.82, 2.24) is 5.16 Å². The monoisotopic (exact) mass is 317 g/mol. The highest BCUT2D eigenvalue weighted by molar-refractivity contribution is 5.88. The van der Waals surface area contributed by atoms with Crippen molar-refractivity contribution < 1.29 is 29.0 Å². The normalized spacial score (nSPS) is 21.5. The number of aromatic hydroxyl groups is 1. The van der Waals surface area contributed by atoms with Crippen molar-refractivity contribution in [3.63, 3.8) is 0 Å². The number of ether oxygens (including phenoxy) is 2. The second-order valence-electron chi connectivity index (χ2n) is 5.99. The smallest absolute Gasteiger partial charge is 0.358 e. The average molecular weight is 317 g/mol. The van der Waals surface area contributed by atoms with Crippen LogP contribution in [-0.4, -0.2) is 33.5 Å². The number of aromatic carboxylic acids is 1. The number of carboxylic acids is 1. The molecule has 7 nitrogen and oxygen atoms in total. The number of fused-ring (bicyclic) bond motifs is 2. The van der Waals surface area contributed by atoms with E-state index in [0.29, 0.717) is 41.2 Å². The van der Waals surface area contributed by atoms with Crippen molar-refractivity contribution in [2.45, 2.75) is 38.9 Å². The van der Waals surface area contributed by atoms with E-state index in [4.69, 9.17) is 19.1 Å². The Labute approximate surface area is 131 Å². The van der Waals surface area contributed by atoms with E-state index in [9.17, 15) is 9.90 Å². The van der Waals surface area contributed by atoms with Gasteiger partial charge in [-0.1, -0.05) is 5.16 Å². The molecule has 0 saturated heterocycles. The number of phenolic OH excluding ortho intramolecular Hbond substituents is 1. The molecule has 0 amide bonds. The van der Waals surface area contributed by atoms with E-state index in [1.165, 1.54) is 6.07 Å². The largest absolute Gasteiger partial charge is 0.504 e. The summed E-state index contributed by atoms with van der Waals surface area (Å²) in [6, 6.07) is 1.37. The van der Waals surface area contributed by atoms with Gasteiger partial charge in [-0.2, -0.15) is 0 Å². The molecule has 2 unspecified atom stereocenters. The summed E-state index contributed by atoms with van der Waals surface area (Å²) < 4.78 is 16.8. The Morgan fingerprint density at radius 3 is 2.48 bits per heavy atom. The Kier molecular flexibility index (Phi) is 2.81. The van der Waals surface area contributed by atoms with Gasteiger partial charge < -0.3 is 24.2 Å². The molecule has 2 aliphatic heterocycles. The molecule has 23 heavy (non-hydrogen) atoms. The third kappa shape index (κ3) is 1.96. The first-order valence-electron chi connectivity index (χ1n) is 7.40. The number of carbonyl (C=O) groups is 1. The topological polar surface area (TPSA) is 102 Å². The summed E-state index contributed by atoms with van der Waals surface area (Å²) in [4.78, 5) is 11.1. The number of hydrogen-bond donors (Lipinski definition) is 2. The van der Waals surface area contributed by atoms with Gasteiger partial charge in [0.2, 0.25) is 0 Å². The number of aromatic nitrogens is 1. The molecule has 0 saturated carbocycles. The molecule has 4 rings (SSSR count). The highest BCUT2D eigenvalue weighted by Gasteiger charge is 2.37. The molecule has 2 atom stereocenters. The van der Waals surface area contributed by atoms with Crippen LogP contribution in [0.15, 0.2) is 10.6 Å². The van der Waals surface area contributed by atoms with E-state index in [-0.39, 0.29) is 23.7 Å². The molecule has 0 aliphatic carbocycles. The highest BCUT2D eigenvalue weighted by atomic mass is 16.5. The van der Waals surface area contributed by atoms with Crippen LogP contribution in [0.4, 0.5) is 0 Å². The van der Waals surface area contributed by atoms with E-state index < -0.39 is 5.97 Å². The molecule has 2 N–H and O–H groups in total. The maximum atomic E-state index is 11.1. The van der Waals surface area contributed by atoms with Crippen molar-refractivity contribution in [3.05, 3.63) is 22.9 Å². The average Bonchev–Trinajstić information content (AvgIpc) is 3.17. The van der Waals surface area contributed by atoms with E-state index in [1.807, 2.05) is 13.8 Å². The molecule has 1 aromatic heterocycles. The minimum atomic E-state index is -1.16. The van der Waals surface area contributed by atoms with E-state index in [2.05, 4.69) is 5.16 Å². The van der Waals surface area contributed by atoms with Gasteiger partial charge in [0.05, 0.1) is 5.56 Å². The second-order valence-corrected chi connectivity index (χ2v) is 5.99. The fourth-order valence-corrected chi connectivity index (χ4v) is 3.25. The summed E-state index contributed by atoms with van der Waals surface area (Å²) in [5, 5.41) is 23.1. The quantitative estimate of drug-likeness (QED) is 0.876. The highest BCUT2D eigenvalue weighted by Crippen LogP contribution is 2.54. The predicted octanol–water partition coefficient (Wildman–Crippen LogP) is 2.39. The lowest BCUT2D eigenvalue weighted by Gasteiger charge is -2.12. The summed E-state index contributed by atoms with van der Waals surface area (Å²) >= 11 is 0. The molecule has 2 aliphatic rings. The molecule has 120 valence electrons. The van der Waals surface area contributed by atoms with Crippen molar-refractivity contribution >= 4 is 5.97 Å². The molecular formula is C16H15NO6. The second kappa shape index (κ2) is 4.65. The molecule has 0 spiro atoms. The first kappa shape index (κ1) is 13.9. The van der Waals surface area contributed by atoms with Crippen LogP contribution < -0.4 is 9.47 Å². The zero-order chi connectivity index (χ0) is 16.3.